The van der Waals surface area contributed by atoms with Gasteiger partial charge in [0.2, 0.25) is 11.8 Å². The van der Waals surface area contributed by atoms with Crippen LogP contribution in [0.1, 0.15) is 48.0 Å². The molecule has 2 amide bonds. The monoisotopic (exact) mass is 482 g/mol. The molecule has 0 unspecified atom stereocenters. The zero-order valence-electron chi connectivity index (χ0n) is 19.3. The number of carbonyl (C=O) groups excluding carboxylic acids is 3. The zero-order valence-corrected chi connectivity index (χ0v) is 20.0. The van der Waals surface area contributed by atoms with E-state index in [2.05, 4.69) is 10.2 Å². The molecule has 0 saturated carbocycles. The quantitative estimate of drug-likeness (QED) is 0.590. The van der Waals surface area contributed by atoms with E-state index in [0.29, 0.717) is 47.8 Å². The molecule has 2 aromatic rings. The van der Waals surface area contributed by atoms with Crippen LogP contribution in [0.5, 0.6) is 0 Å². The van der Waals surface area contributed by atoms with Gasteiger partial charge in [0.05, 0.1) is 12.2 Å². The maximum Gasteiger partial charge on any atom is 0.238 e. The van der Waals surface area contributed by atoms with Gasteiger partial charge in [-0.2, -0.15) is 0 Å². The van der Waals surface area contributed by atoms with Gasteiger partial charge in [-0.25, -0.2) is 0 Å². The number of ketones is 1. The molecular formula is C26H31ClN4O3. The van der Waals surface area contributed by atoms with Crippen LogP contribution in [0, 0.1) is 0 Å². The summed E-state index contributed by atoms with van der Waals surface area (Å²) in [6.45, 7) is 3.21. The average Bonchev–Trinajstić information content (AvgIpc) is 2.86. The second-order valence-electron chi connectivity index (χ2n) is 9.15. The van der Waals surface area contributed by atoms with Gasteiger partial charge in [0.25, 0.3) is 0 Å². The summed E-state index contributed by atoms with van der Waals surface area (Å²) in [4.78, 5) is 42.6. The number of nitrogens with one attached hydrogen (secondary N) is 1. The van der Waals surface area contributed by atoms with Crippen molar-refractivity contribution in [3.8, 4) is 0 Å². The summed E-state index contributed by atoms with van der Waals surface area (Å²) >= 11 is 6.14. The lowest BCUT2D eigenvalue weighted by Gasteiger charge is -2.48. The molecule has 34 heavy (non-hydrogen) atoms. The number of primary amides is 1. The molecule has 8 heteroatoms. The van der Waals surface area contributed by atoms with Crippen molar-refractivity contribution in [3.05, 3.63) is 64.7 Å². The SMILES string of the molecule is NC(=O)C1(N2CCCCC2)CCN(CC(=O)Nc2ccc(Cl)cc2C(=O)c2ccccc2)CC1. The van der Waals surface area contributed by atoms with Crippen molar-refractivity contribution in [1.82, 2.24) is 9.80 Å². The Hall–Kier alpha value is -2.74. The third kappa shape index (κ3) is 5.32. The van der Waals surface area contributed by atoms with Crippen LogP contribution in [-0.2, 0) is 9.59 Å². The number of anilines is 1. The standard InChI is InChI=1S/C26H31ClN4O3/c27-20-9-10-22(21(17-20)24(33)19-7-3-1-4-8-19)29-23(32)18-30-15-11-26(12-16-30,25(28)34)31-13-5-2-6-14-31/h1,3-4,7-10,17H,2,5-6,11-16,18H2,(H2,28,34)(H,29,32). The fourth-order valence-electron chi connectivity index (χ4n) is 5.07. The minimum Gasteiger partial charge on any atom is -0.368 e. The van der Waals surface area contributed by atoms with Crippen molar-refractivity contribution in [2.75, 3.05) is 38.0 Å². The molecule has 4 rings (SSSR count). The lowest BCUT2D eigenvalue weighted by atomic mass is 9.83. The highest BCUT2D eigenvalue weighted by molar-refractivity contribution is 6.31. The van der Waals surface area contributed by atoms with Crippen LogP contribution in [0.4, 0.5) is 5.69 Å². The predicted octanol–water partition coefficient (Wildman–Crippen LogP) is 3.32. The zero-order chi connectivity index (χ0) is 24.1. The van der Waals surface area contributed by atoms with Crippen molar-refractivity contribution in [1.29, 1.82) is 0 Å². The van der Waals surface area contributed by atoms with E-state index in [4.69, 9.17) is 17.3 Å². The van der Waals surface area contributed by atoms with Gasteiger partial charge >= 0.3 is 0 Å². The number of nitrogens with zero attached hydrogens (tertiary/aromatic N) is 2. The Kier molecular flexibility index (Phi) is 7.66. The van der Waals surface area contributed by atoms with Gasteiger partial charge in [0, 0.05) is 29.2 Å². The topological polar surface area (TPSA) is 95.7 Å². The Bertz CT molecular complexity index is 1050. The first-order valence-electron chi connectivity index (χ1n) is 11.9. The summed E-state index contributed by atoms with van der Waals surface area (Å²) in [6, 6.07) is 13.8. The molecule has 7 nitrogen and oxygen atoms in total. The van der Waals surface area contributed by atoms with Gasteiger partial charge in [-0.15, -0.1) is 0 Å². The molecule has 2 aromatic carbocycles. The van der Waals surface area contributed by atoms with E-state index in [1.807, 2.05) is 11.0 Å². The molecule has 2 saturated heterocycles. The van der Waals surface area contributed by atoms with E-state index < -0.39 is 5.54 Å². The average molecular weight is 483 g/mol. The van der Waals surface area contributed by atoms with Crippen LogP contribution in [0.25, 0.3) is 0 Å². The number of amides is 2. The highest BCUT2D eigenvalue weighted by atomic mass is 35.5. The number of carbonyl (C=O) groups is 3. The Morgan fingerprint density at radius 1 is 0.941 bits per heavy atom. The molecule has 0 atom stereocenters. The molecule has 2 aliphatic heterocycles. The first kappa shape index (κ1) is 24.4. The fraction of sp³-hybridized carbons (Fsp3) is 0.423. The minimum absolute atomic E-state index is 0.177. The van der Waals surface area contributed by atoms with E-state index in [-0.39, 0.29) is 24.1 Å². The van der Waals surface area contributed by atoms with Gasteiger partial charge in [-0.3, -0.25) is 24.2 Å². The molecular weight excluding hydrogens is 452 g/mol. The molecule has 2 heterocycles. The van der Waals surface area contributed by atoms with E-state index in [0.717, 1.165) is 25.9 Å². The molecule has 0 radical (unpaired) electrons. The Morgan fingerprint density at radius 3 is 2.26 bits per heavy atom. The van der Waals surface area contributed by atoms with Crippen molar-refractivity contribution < 1.29 is 14.4 Å². The Labute approximate surface area is 205 Å². The van der Waals surface area contributed by atoms with Crippen molar-refractivity contribution >= 4 is 34.9 Å². The number of halogens is 1. The summed E-state index contributed by atoms with van der Waals surface area (Å²) in [5.74, 6) is -0.679. The third-order valence-electron chi connectivity index (χ3n) is 7.01. The number of hydrogen-bond acceptors (Lipinski definition) is 5. The van der Waals surface area contributed by atoms with Gasteiger partial charge < -0.3 is 11.1 Å². The lowest BCUT2D eigenvalue weighted by Crippen LogP contribution is -2.63. The number of benzene rings is 2. The molecule has 180 valence electrons. The second-order valence-corrected chi connectivity index (χ2v) is 9.59. The number of rotatable bonds is 7. The minimum atomic E-state index is -0.612. The van der Waals surface area contributed by atoms with Gasteiger partial charge in [-0.1, -0.05) is 48.4 Å². The maximum absolute atomic E-state index is 13.0. The highest BCUT2D eigenvalue weighted by Gasteiger charge is 2.45. The maximum atomic E-state index is 13.0. The van der Waals surface area contributed by atoms with E-state index in [1.54, 1.807) is 42.5 Å². The molecule has 3 N–H and O–H groups in total. The van der Waals surface area contributed by atoms with Crippen LogP contribution >= 0.6 is 11.6 Å². The molecule has 2 aliphatic rings. The van der Waals surface area contributed by atoms with Gasteiger partial charge in [0.1, 0.15) is 5.54 Å². The van der Waals surface area contributed by atoms with Crippen molar-refractivity contribution in [3.63, 3.8) is 0 Å². The predicted molar refractivity (Wildman–Crippen MR) is 133 cm³/mol. The lowest BCUT2D eigenvalue weighted by molar-refractivity contribution is -0.135. The fourth-order valence-corrected chi connectivity index (χ4v) is 5.24. The van der Waals surface area contributed by atoms with Crippen LogP contribution in [0.3, 0.4) is 0 Å². The van der Waals surface area contributed by atoms with Crippen molar-refractivity contribution in [2.45, 2.75) is 37.6 Å². The van der Waals surface area contributed by atoms with Gasteiger partial charge in [0.15, 0.2) is 5.78 Å². The highest BCUT2D eigenvalue weighted by Crippen LogP contribution is 2.31. The van der Waals surface area contributed by atoms with Crippen LogP contribution in [0.15, 0.2) is 48.5 Å². The summed E-state index contributed by atoms with van der Waals surface area (Å²) in [7, 11) is 0. The van der Waals surface area contributed by atoms with E-state index in [1.165, 1.54) is 6.42 Å². The smallest absolute Gasteiger partial charge is 0.238 e. The molecule has 0 bridgehead atoms. The number of nitrogens with two attached hydrogens (primary N) is 1. The summed E-state index contributed by atoms with van der Waals surface area (Å²) in [6.07, 6.45) is 4.61. The third-order valence-corrected chi connectivity index (χ3v) is 7.24. The van der Waals surface area contributed by atoms with Crippen molar-refractivity contribution in [2.24, 2.45) is 5.73 Å². The summed E-state index contributed by atoms with van der Waals surface area (Å²) < 4.78 is 0. The van der Waals surface area contributed by atoms with Gasteiger partial charge in [-0.05, 0) is 57.0 Å². The Morgan fingerprint density at radius 2 is 1.62 bits per heavy atom. The second kappa shape index (κ2) is 10.7. The molecule has 0 aromatic heterocycles. The molecule has 0 spiro atoms. The van der Waals surface area contributed by atoms with E-state index in [9.17, 15) is 14.4 Å². The number of likely N-dealkylation sites (tertiary alicyclic amines) is 2. The Balaban J connectivity index is 1.40. The molecule has 2 fully saturated rings. The largest absolute Gasteiger partial charge is 0.368 e. The molecule has 0 aliphatic carbocycles. The normalized spacial score (nSPS) is 18.9. The van der Waals surface area contributed by atoms with Crippen LogP contribution in [-0.4, -0.2) is 65.7 Å². The van der Waals surface area contributed by atoms with E-state index >= 15 is 0 Å². The first-order valence-corrected chi connectivity index (χ1v) is 12.2. The van der Waals surface area contributed by atoms with Crippen LogP contribution in [0.2, 0.25) is 5.02 Å². The van der Waals surface area contributed by atoms with Crippen LogP contribution < -0.4 is 11.1 Å². The summed E-state index contributed by atoms with van der Waals surface area (Å²) in [5.41, 5.74) is 6.56. The summed E-state index contributed by atoms with van der Waals surface area (Å²) in [5, 5.41) is 3.31. The first-order chi connectivity index (χ1) is 16.4. The number of piperidine rings is 2. The number of hydrogen-bond donors (Lipinski definition) is 2.